The van der Waals surface area contributed by atoms with Gasteiger partial charge in [0.25, 0.3) is 0 Å². The molecule has 0 unspecified atom stereocenters. The van der Waals surface area contributed by atoms with Crippen molar-refractivity contribution in [1.82, 2.24) is 4.98 Å². The second-order valence-electron chi connectivity index (χ2n) is 3.45. The standard InChI is InChI=1S/C11H17N3O2S.2ClH/c1-16-10-3-5-13-7-9(10)14-11(15)8(12)4-6-17-2;;/h3,5,7-8H,4,6,12H2,1-2H3,(H,14,15);2*1H/t8-;;/m0../s1. The van der Waals surface area contributed by atoms with E-state index in [9.17, 15) is 4.79 Å². The van der Waals surface area contributed by atoms with Gasteiger partial charge in [-0.1, -0.05) is 0 Å². The van der Waals surface area contributed by atoms with Crippen LogP contribution in [0, 0.1) is 0 Å². The summed E-state index contributed by atoms with van der Waals surface area (Å²) in [7, 11) is 1.54. The highest BCUT2D eigenvalue weighted by molar-refractivity contribution is 7.98. The quantitative estimate of drug-likeness (QED) is 0.835. The predicted octanol–water partition coefficient (Wildman–Crippen LogP) is 1.95. The van der Waals surface area contributed by atoms with Crippen LogP contribution in [0.15, 0.2) is 18.5 Å². The van der Waals surface area contributed by atoms with E-state index in [-0.39, 0.29) is 30.7 Å². The molecule has 110 valence electrons. The summed E-state index contributed by atoms with van der Waals surface area (Å²) in [6.45, 7) is 0. The van der Waals surface area contributed by atoms with Gasteiger partial charge < -0.3 is 15.8 Å². The summed E-state index contributed by atoms with van der Waals surface area (Å²) in [6.07, 6.45) is 5.77. The zero-order chi connectivity index (χ0) is 12.7. The zero-order valence-electron chi connectivity index (χ0n) is 10.8. The van der Waals surface area contributed by atoms with Crippen molar-refractivity contribution in [2.75, 3.05) is 24.4 Å². The number of nitrogens with two attached hydrogens (primary N) is 1. The Morgan fingerprint density at radius 1 is 1.58 bits per heavy atom. The smallest absolute Gasteiger partial charge is 0.241 e. The van der Waals surface area contributed by atoms with Crippen LogP contribution in [0.1, 0.15) is 6.42 Å². The molecule has 1 aromatic heterocycles. The van der Waals surface area contributed by atoms with Gasteiger partial charge in [-0.25, -0.2) is 0 Å². The highest BCUT2D eigenvalue weighted by atomic mass is 35.5. The molecule has 0 aliphatic rings. The molecule has 0 saturated heterocycles. The van der Waals surface area contributed by atoms with E-state index in [1.807, 2.05) is 6.26 Å². The van der Waals surface area contributed by atoms with E-state index in [1.54, 1.807) is 31.1 Å². The average Bonchev–Trinajstić information content (AvgIpc) is 2.36. The summed E-state index contributed by atoms with van der Waals surface area (Å²) in [4.78, 5) is 15.7. The number of carbonyl (C=O) groups is 1. The highest BCUT2D eigenvalue weighted by Crippen LogP contribution is 2.21. The number of aromatic nitrogens is 1. The molecular weight excluding hydrogens is 309 g/mol. The first-order valence-corrected chi connectivity index (χ1v) is 6.61. The van der Waals surface area contributed by atoms with Gasteiger partial charge in [0, 0.05) is 12.3 Å². The molecule has 0 bridgehead atoms. The number of halogens is 2. The van der Waals surface area contributed by atoms with Gasteiger partial charge in [-0.05, 0) is 18.4 Å². The van der Waals surface area contributed by atoms with Gasteiger partial charge in [-0.2, -0.15) is 11.8 Å². The van der Waals surface area contributed by atoms with Crippen LogP contribution in [0.5, 0.6) is 5.75 Å². The van der Waals surface area contributed by atoms with Gasteiger partial charge in [0.2, 0.25) is 5.91 Å². The number of thioether (sulfide) groups is 1. The maximum absolute atomic E-state index is 11.8. The van der Waals surface area contributed by atoms with Crippen molar-refractivity contribution in [2.24, 2.45) is 5.73 Å². The Labute approximate surface area is 129 Å². The van der Waals surface area contributed by atoms with Crippen molar-refractivity contribution in [2.45, 2.75) is 12.5 Å². The van der Waals surface area contributed by atoms with Crippen molar-refractivity contribution < 1.29 is 9.53 Å². The second-order valence-corrected chi connectivity index (χ2v) is 4.44. The fourth-order valence-electron chi connectivity index (χ4n) is 1.25. The van der Waals surface area contributed by atoms with Crippen LogP contribution in [0.2, 0.25) is 0 Å². The van der Waals surface area contributed by atoms with Crippen LogP contribution < -0.4 is 15.8 Å². The van der Waals surface area contributed by atoms with Crippen LogP contribution in [-0.2, 0) is 4.79 Å². The van der Waals surface area contributed by atoms with Gasteiger partial charge in [0.05, 0.1) is 19.3 Å². The summed E-state index contributed by atoms with van der Waals surface area (Å²) in [5.41, 5.74) is 6.30. The molecule has 0 aromatic carbocycles. The molecule has 0 spiro atoms. The van der Waals surface area contributed by atoms with Crippen molar-refractivity contribution in [3.8, 4) is 5.75 Å². The van der Waals surface area contributed by atoms with Crippen LogP contribution in [0.25, 0.3) is 0 Å². The number of amides is 1. The molecular formula is C11H19Cl2N3O2S. The molecule has 0 fully saturated rings. The molecule has 1 heterocycles. The lowest BCUT2D eigenvalue weighted by Gasteiger charge is -2.13. The van der Waals surface area contributed by atoms with Crippen molar-refractivity contribution in [1.29, 1.82) is 0 Å². The van der Waals surface area contributed by atoms with Gasteiger partial charge >= 0.3 is 0 Å². The highest BCUT2D eigenvalue weighted by Gasteiger charge is 2.14. The molecule has 3 N–H and O–H groups in total. The van der Waals surface area contributed by atoms with E-state index in [4.69, 9.17) is 10.5 Å². The maximum atomic E-state index is 11.8. The van der Waals surface area contributed by atoms with Gasteiger partial charge in [0.15, 0.2) is 0 Å². The lowest BCUT2D eigenvalue weighted by Crippen LogP contribution is -2.36. The first-order valence-electron chi connectivity index (χ1n) is 5.22. The third kappa shape index (κ3) is 6.87. The molecule has 8 heteroatoms. The number of methoxy groups -OCH3 is 1. The van der Waals surface area contributed by atoms with E-state index in [2.05, 4.69) is 10.3 Å². The van der Waals surface area contributed by atoms with Crippen LogP contribution in [-0.4, -0.2) is 36.1 Å². The monoisotopic (exact) mass is 327 g/mol. The number of carbonyl (C=O) groups excluding carboxylic acids is 1. The van der Waals surface area contributed by atoms with Crippen molar-refractivity contribution in [3.63, 3.8) is 0 Å². The number of hydrogen-bond acceptors (Lipinski definition) is 5. The van der Waals surface area contributed by atoms with E-state index in [1.165, 1.54) is 6.20 Å². The predicted molar refractivity (Wildman–Crippen MR) is 84.9 cm³/mol. The number of rotatable bonds is 6. The normalized spacial score (nSPS) is 10.7. The van der Waals surface area contributed by atoms with Gasteiger partial charge in [-0.3, -0.25) is 9.78 Å². The molecule has 0 aliphatic heterocycles. The summed E-state index contributed by atoms with van der Waals surface area (Å²) in [5, 5.41) is 2.71. The Hall–Kier alpha value is -0.690. The fraction of sp³-hybridized carbons (Fsp3) is 0.455. The minimum atomic E-state index is -0.507. The molecule has 0 aliphatic carbocycles. The molecule has 19 heavy (non-hydrogen) atoms. The average molecular weight is 328 g/mol. The van der Waals surface area contributed by atoms with Gasteiger partial charge in [0.1, 0.15) is 11.4 Å². The number of hydrogen-bond donors (Lipinski definition) is 2. The lowest BCUT2D eigenvalue weighted by atomic mass is 10.2. The maximum Gasteiger partial charge on any atom is 0.241 e. The topological polar surface area (TPSA) is 77.2 Å². The molecule has 1 atom stereocenters. The van der Waals surface area contributed by atoms with Crippen LogP contribution in [0.4, 0.5) is 5.69 Å². The number of ether oxygens (including phenoxy) is 1. The summed E-state index contributed by atoms with van der Waals surface area (Å²) in [5.74, 6) is 1.22. The van der Waals surface area contributed by atoms with E-state index in [0.29, 0.717) is 17.9 Å². The van der Waals surface area contributed by atoms with Gasteiger partial charge in [-0.15, -0.1) is 24.8 Å². The molecule has 5 nitrogen and oxygen atoms in total. The van der Waals surface area contributed by atoms with Crippen molar-refractivity contribution >= 4 is 48.2 Å². The Kier molecular flexibility index (Phi) is 12.1. The zero-order valence-corrected chi connectivity index (χ0v) is 13.2. The Morgan fingerprint density at radius 3 is 2.84 bits per heavy atom. The number of nitrogens with one attached hydrogen (secondary N) is 1. The lowest BCUT2D eigenvalue weighted by molar-refractivity contribution is -0.117. The summed E-state index contributed by atoms with van der Waals surface area (Å²) >= 11 is 1.66. The third-order valence-electron chi connectivity index (χ3n) is 2.23. The molecule has 1 amide bonds. The molecule has 1 rings (SSSR count). The number of pyridine rings is 1. The fourth-order valence-corrected chi connectivity index (χ4v) is 1.74. The van der Waals surface area contributed by atoms with E-state index in [0.717, 1.165) is 5.75 Å². The Balaban J connectivity index is 0. The number of anilines is 1. The minimum absolute atomic E-state index is 0. The minimum Gasteiger partial charge on any atom is -0.494 e. The van der Waals surface area contributed by atoms with E-state index < -0.39 is 6.04 Å². The van der Waals surface area contributed by atoms with Crippen molar-refractivity contribution in [3.05, 3.63) is 18.5 Å². The summed E-state index contributed by atoms with van der Waals surface area (Å²) < 4.78 is 5.11. The Morgan fingerprint density at radius 2 is 2.26 bits per heavy atom. The molecule has 1 aromatic rings. The largest absolute Gasteiger partial charge is 0.494 e. The Bertz CT molecular complexity index is 383. The SMILES string of the molecule is COc1ccncc1NC(=O)[C@@H](N)CCSC.Cl.Cl. The first-order chi connectivity index (χ1) is 8.19. The first kappa shape index (κ1) is 20.6. The van der Waals surface area contributed by atoms with Crippen LogP contribution >= 0.6 is 36.6 Å². The molecule has 0 radical (unpaired) electrons. The van der Waals surface area contributed by atoms with Crippen LogP contribution in [0.3, 0.4) is 0 Å². The third-order valence-corrected chi connectivity index (χ3v) is 2.87. The molecule has 0 saturated carbocycles. The second kappa shape index (κ2) is 11.2. The summed E-state index contributed by atoms with van der Waals surface area (Å²) in [6, 6.07) is 1.18. The van der Waals surface area contributed by atoms with E-state index >= 15 is 0 Å². The number of nitrogens with zero attached hydrogens (tertiary/aromatic N) is 1.